The van der Waals surface area contributed by atoms with Crippen molar-refractivity contribution in [2.75, 3.05) is 20.2 Å². The van der Waals surface area contributed by atoms with E-state index in [1.807, 2.05) is 6.07 Å². The predicted molar refractivity (Wildman–Crippen MR) is 61.3 cm³/mol. The van der Waals surface area contributed by atoms with E-state index in [0.717, 1.165) is 30.9 Å². The van der Waals surface area contributed by atoms with E-state index < -0.39 is 0 Å². The normalized spacial score (nSPS) is 10.7. The van der Waals surface area contributed by atoms with E-state index in [0.29, 0.717) is 5.75 Å². The number of hydrogen-bond acceptors (Lipinski definition) is 3. The summed E-state index contributed by atoms with van der Waals surface area (Å²) in [6.45, 7) is 6.94. The second-order valence-electron chi connectivity index (χ2n) is 3.46. The molecule has 1 N–H and O–H groups in total. The van der Waals surface area contributed by atoms with Crippen LogP contribution in [0.4, 0.5) is 0 Å². The second kappa shape index (κ2) is 5.61. The first-order valence-corrected chi connectivity index (χ1v) is 5.29. The lowest BCUT2D eigenvalue weighted by molar-refractivity contribution is 0.290. The summed E-state index contributed by atoms with van der Waals surface area (Å²) in [6.07, 6.45) is 0. The zero-order valence-electron chi connectivity index (χ0n) is 9.66. The zero-order chi connectivity index (χ0) is 11.3. The highest BCUT2D eigenvalue weighted by molar-refractivity contribution is 5.39. The van der Waals surface area contributed by atoms with Crippen LogP contribution >= 0.6 is 0 Å². The van der Waals surface area contributed by atoms with Gasteiger partial charge in [0.25, 0.3) is 0 Å². The van der Waals surface area contributed by atoms with Gasteiger partial charge in [-0.05, 0) is 31.3 Å². The van der Waals surface area contributed by atoms with E-state index in [2.05, 4.69) is 18.7 Å². The highest BCUT2D eigenvalue weighted by atomic mass is 16.5. The van der Waals surface area contributed by atoms with Gasteiger partial charge in [-0.1, -0.05) is 13.8 Å². The zero-order valence-corrected chi connectivity index (χ0v) is 9.66. The number of nitrogens with zero attached hydrogens (tertiary/aromatic N) is 1. The van der Waals surface area contributed by atoms with Crippen LogP contribution in [0.3, 0.4) is 0 Å². The standard InChI is InChI=1S/C12H19NO2/c1-4-13(5-2)9-10-8-11(15-3)6-7-12(10)14/h6-8,14H,4-5,9H2,1-3H3. The van der Waals surface area contributed by atoms with Gasteiger partial charge in [-0.3, -0.25) is 4.90 Å². The molecule has 3 nitrogen and oxygen atoms in total. The molecule has 3 heteroatoms. The first-order valence-electron chi connectivity index (χ1n) is 5.29. The number of benzene rings is 1. The summed E-state index contributed by atoms with van der Waals surface area (Å²) < 4.78 is 5.13. The molecule has 0 aliphatic heterocycles. The van der Waals surface area contributed by atoms with Crippen molar-refractivity contribution in [3.05, 3.63) is 23.8 Å². The van der Waals surface area contributed by atoms with E-state index in [-0.39, 0.29) is 0 Å². The van der Waals surface area contributed by atoms with Crippen molar-refractivity contribution < 1.29 is 9.84 Å². The third-order valence-corrected chi connectivity index (χ3v) is 2.58. The van der Waals surface area contributed by atoms with Crippen LogP contribution in [0.1, 0.15) is 19.4 Å². The molecular formula is C12H19NO2. The quantitative estimate of drug-likeness (QED) is 0.807. The lowest BCUT2D eigenvalue weighted by Crippen LogP contribution is -2.22. The monoisotopic (exact) mass is 209 g/mol. The lowest BCUT2D eigenvalue weighted by atomic mass is 10.1. The molecule has 0 fully saturated rings. The molecular weight excluding hydrogens is 190 g/mol. The molecule has 1 aromatic carbocycles. The van der Waals surface area contributed by atoms with Crippen molar-refractivity contribution in [3.63, 3.8) is 0 Å². The SMILES string of the molecule is CCN(CC)Cc1cc(OC)ccc1O. The molecule has 1 aromatic rings. The molecule has 0 atom stereocenters. The molecule has 0 aliphatic rings. The van der Waals surface area contributed by atoms with Crippen LogP contribution in [0.15, 0.2) is 18.2 Å². The maximum Gasteiger partial charge on any atom is 0.120 e. The van der Waals surface area contributed by atoms with Gasteiger partial charge in [0, 0.05) is 12.1 Å². The Balaban J connectivity index is 2.82. The highest BCUT2D eigenvalue weighted by Gasteiger charge is 2.06. The molecule has 84 valence electrons. The molecule has 0 amide bonds. The summed E-state index contributed by atoms with van der Waals surface area (Å²) in [5, 5.41) is 9.69. The Hall–Kier alpha value is -1.22. The van der Waals surface area contributed by atoms with Crippen LogP contribution < -0.4 is 4.74 Å². The average molecular weight is 209 g/mol. The first-order chi connectivity index (χ1) is 7.21. The minimum atomic E-state index is 0.336. The summed E-state index contributed by atoms with van der Waals surface area (Å²) in [4.78, 5) is 2.24. The summed E-state index contributed by atoms with van der Waals surface area (Å²) in [5.41, 5.74) is 0.915. The van der Waals surface area contributed by atoms with Crippen molar-refractivity contribution in [1.82, 2.24) is 4.90 Å². The molecule has 0 saturated heterocycles. The van der Waals surface area contributed by atoms with E-state index in [1.165, 1.54) is 0 Å². The fourth-order valence-corrected chi connectivity index (χ4v) is 1.50. The molecule has 0 bridgehead atoms. The summed E-state index contributed by atoms with van der Waals surface area (Å²) in [7, 11) is 1.63. The van der Waals surface area contributed by atoms with Crippen LogP contribution in [0.5, 0.6) is 11.5 Å². The fourth-order valence-electron chi connectivity index (χ4n) is 1.50. The third-order valence-electron chi connectivity index (χ3n) is 2.58. The van der Waals surface area contributed by atoms with Gasteiger partial charge >= 0.3 is 0 Å². The Kier molecular flexibility index (Phi) is 4.43. The number of methoxy groups -OCH3 is 1. The van der Waals surface area contributed by atoms with Gasteiger partial charge < -0.3 is 9.84 Å². The average Bonchev–Trinajstić information content (AvgIpc) is 2.28. The summed E-state index contributed by atoms with van der Waals surface area (Å²) in [6, 6.07) is 5.33. The molecule has 0 aliphatic carbocycles. The van der Waals surface area contributed by atoms with Crippen molar-refractivity contribution in [3.8, 4) is 11.5 Å². The van der Waals surface area contributed by atoms with Gasteiger partial charge in [0.05, 0.1) is 7.11 Å². The number of hydrogen-bond donors (Lipinski definition) is 1. The number of rotatable bonds is 5. The van der Waals surface area contributed by atoms with E-state index in [1.54, 1.807) is 19.2 Å². The Bertz CT molecular complexity index is 308. The maximum absolute atomic E-state index is 9.69. The van der Waals surface area contributed by atoms with Gasteiger partial charge in [-0.15, -0.1) is 0 Å². The second-order valence-corrected chi connectivity index (χ2v) is 3.46. The van der Waals surface area contributed by atoms with Gasteiger partial charge in [0.15, 0.2) is 0 Å². The molecule has 1 rings (SSSR count). The van der Waals surface area contributed by atoms with Crippen LogP contribution in [0, 0.1) is 0 Å². The van der Waals surface area contributed by atoms with E-state index >= 15 is 0 Å². The van der Waals surface area contributed by atoms with Crippen molar-refractivity contribution >= 4 is 0 Å². The number of phenolic OH excluding ortho intramolecular Hbond substituents is 1. The van der Waals surface area contributed by atoms with Crippen LogP contribution in [0.2, 0.25) is 0 Å². The smallest absolute Gasteiger partial charge is 0.120 e. The van der Waals surface area contributed by atoms with Gasteiger partial charge in [0.1, 0.15) is 11.5 Å². The summed E-state index contributed by atoms with van der Waals surface area (Å²) >= 11 is 0. The first kappa shape index (κ1) is 11.9. The summed E-state index contributed by atoms with van der Waals surface area (Å²) in [5.74, 6) is 1.12. The molecule has 0 saturated carbocycles. The van der Waals surface area contributed by atoms with Gasteiger partial charge in [-0.25, -0.2) is 0 Å². The largest absolute Gasteiger partial charge is 0.508 e. The van der Waals surface area contributed by atoms with Gasteiger partial charge in [0.2, 0.25) is 0 Å². The minimum Gasteiger partial charge on any atom is -0.508 e. The fraction of sp³-hybridized carbons (Fsp3) is 0.500. The highest BCUT2D eigenvalue weighted by Crippen LogP contribution is 2.23. The minimum absolute atomic E-state index is 0.336. The number of ether oxygens (including phenoxy) is 1. The van der Waals surface area contributed by atoms with E-state index in [9.17, 15) is 5.11 Å². The Labute approximate surface area is 91.3 Å². The van der Waals surface area contributed by atoms with Gasteiger partial charge in [-0.2, -0.15) is 0 Å². The van der Waals surface area contributed by atoms with Crippen molar-refractivity contribution in [2.24, 2.45) is 0 Å². The Morgan fingerprint density at radius 3 is 2.47 bits per heavy atom. The van der Waals surface area contributed by atoms with Crippen LogP contribution in [-0.2, 0) is 6.54 Å². The van der Waals surface area contributed by atoms with Crippen molar-refractivity contribution in [1.29, 1.82) is 0 Å². The topological polar surface area (TPSA) is 32.7 Å². The maximum atomic E-state index is 9.69. The molecule has 0 aromatic heterocycles. The van der Waals surface area contributed by atoms with Crippen LogP contribution in [0.25, 0.3) is 0 Å². The van der Waals surface area contributed by atoms with E-state index in [4.69, 9.17) is 4.74 Å². The van der Waals surface area contributed by atoms with Crippen LogP contribution in [-0.4, -0.2) is 30.2 Å². The molecule has 15 heavy (non-hydrogen) atoms. The Morgan fingerprint density at radius 2 is 1.93 bits per heavy atom. The lowest BCUT2D eigenvalue weighted by Gasteiger charge is -2.18. The Morgan fingerprint density at radius 1 is 1.27 bits per heavy atom. The van der Waals surface area contributed by atoms with Crippen molar-refractivity contribution in [2.45, 2.75) is 20.4 Å². The molecule has 0 radical (unpaired) electrons. The number of phenols is 1. The predicted octanol–water partition coefficient (Wildman–Crippen LogP) is 2.24. The molecule has 0 heterocycles. The molecule has 0 spiro atoms. The molecule has 0 unspecified atom stereocenters. The number of aromatic hydroxyl groups is 1. The third kappa shape index (κ3) is 3.13.